The van der Waals surface area contributed by atoms with E-state index in [-0.39, 0.29) is 11.8 Å². The van der Waals surface area contributed by atoms with Gasteiger partial charge in [-0.25, -0.2) is 0 Å². The van der Waals surface area contributed by atoms with E-state index in [0.29, 0.717) is 5.92 Å². The van der Waals surface area contributed by atoms with Crippen molar-refractivity contribution < 1.29 is 9.59 Å². The van der Waals surface area contributed by atoms with Crippen molar-refractivity contribution in [3.05, 3.63) is 24.3 Å². The van der Waals surface area contributed by atoms with Crippen LogP contribution >= 0.6 is 0 Å². The van der Waals surface area contributed by atoms with Gasteiger partial charge in [0, 0.05) is 13.5 Å². The first-order valence-corrected chi connectivity index (χ1v) is 8.47. The second kappa shape index (κ2) is 8.56. The molecular weight excluding hydrogens is 290 g/mol. The molecule has 0 bridgehead atoms. The summed E-state index contributed by atoms with van der Waals surface area (Å²) in [7, 11) is 0. The molecule has 0 spiro atoms. The first-order chi connectivity index (χ1) is 11.1. The van der Waals surface area contributed by atoms with Gasteiger partial charge in [-0.15, -0.1) is 0 Å². The number of para-hydroxylation sites is 2. The normalized spacial score (nSPS) is 16.4. The molecule has 0 saturated heterocycles. The monoisotopic (exact) mass is 317 g/mol. The maximum Gasteiger partial charge on any atom is 0.246 e. The summed E-state index contributed by atoms with van der Waals surface area (Å²) in [6, 6.07) is 7.14. The van der Waals surface area contributed by atoms with Crippen molar-refractivity contribution >= 4 is 23.2 Å². The van der Waals surface area contributed by atoms with Crippen LogP contribution in [0.2, 0.25) is 0 Å². The van der Waals surface area contributed by atoms with Crippen molar-refractivity contribution in [3.63, 3.8) is 0 Å². The fourth-order valence-electron chi connectivity index (χ4n) is 3.00. The smallest absolute Gasteiger partial charge is 0.246 e. The Morgan fingerprint density at radius 1 is 1.13 bits per heavy atom. The first-order valence-electron chi connectivity index (χ1n) is 8.47. The summed E-state index contributed by atoms with van der Waals surface area (Å²) in [6.07, 6.45) is 6.55. The van der Waals surface area contributed by atoms with Gasteiger partial charge in [-0.2, -0.15) is 0 Å². The minimum atomic E-state index is -0.557. The molecule has 1 aromatic rings. The van der Waals surface area contributed by atoms with Gasteiger partial charge < -0.3 is 16.0 Å². The van der Waals surface area contributed by atoms with Crippen LogP contribution in [0.3, 0.4) is 0 Å². The van der Waals surface area contributed by atoms with Gasteiger partial charge in [-0.3, -0.25) is 9.59 Å². The van der Waals surface area contributed by atoms with Crippen molar-refractivity contribution in [1.82, 2.24) is 5.32 Å². The largest absolute Gasteiger partial charge is 0.383 e. The zero-order valence-electron chi connectivity index (χ0n) is 14.0. The number of nitrogens with one attached hydrogen (secondary N) is 3. The van der Waals surface area contributed by atoms with Crippen LogP contribution in [0.1, 0.15) is 46.0 Å². The highest BCUT2D eigenvalue weighted by atomic mass is 16.2. The van der Waals surface area contributed by atoms with E-state index < -0.39 is 6.04 Å². The Morgan fingerprint density at radius 3 is 2.43 bits per heavy atom. The highest BCUT2D eigenvalue weighted by Crippen LogP contribution is 2.26. The summed E-state index contributed by atoms with van der Waals surface area (Å²) >= 11 is 0. The number of hydrogen-bond acceptors (Lipinski definition) is 3. The van der Waals surface area contributed by atoms with Crippen LogP contribution < -0.4 is 16.0 Å². The molecular formula is C18H27N3O2. The zero-order chi connectivity index (χ0) is 16.7. The van der Waals surface area contributed by atoms with E-state index in [9.17, 15) is 9.59 Å². The Kier molecular flexibility index (Phi) is 6.44. The summed E-state index contributed by atoms with van der Waals surface area (Å²) in [5.74, 6) is 0.286. The second-order valence-corrected chi connectivity index (χ2v) is 6.34. The minimum absolute atomic E-state index is 0.212. The van der Waals surface area contributed by atoms with E-state index in [0.717, 1.165) is 17.9 Å². The lowest BCUT2D eigenvalue weighted by Gasteiger charge is -2.23. The molecule has 0 radical (unpaired) electrons. The molecule has 5 heteroatoms. The van der Waals surface area contributed by atoms with E-state index in [4.69, 9.17) is 0 Å². The second-order valence-electron chi connectivity index (χ2n) is 6.34. The van der Waals surface area contributed by atoms with Crippen molar-refractivity contribution in [3.8, 4) is 0 Å². The van der Waals surface area contributed by atoms with Crippen molar-refractivity contribution in [2.24, 2.45) is 5.92 Å². The summed E-state index contributed by atoms with van der Waals surface area (Å²) in [5, 5.41) is 8.95. The number of carbonyl (C=O) groups excluding carboxylic acids is 2. The molecule has 1 saturated carbocycles. The van der Waals surface area contributed by atoms with Gasteiger partial charge in [0.1, 0.15) is 6.04 Å². The Hall–Kier alpha value is -2.04. The summed E-state index contributed by atoms with van der Waals surface area (Å²) in [6.45, 7) is 4.02. The number of carbonyl (C=O) groups is 2. The standard InChI is InChI=1S/C18H27N3O2/c1-13(20-14(2)22)18(23)21-17-11-7-6-10-16(17)19-12-15-8-4-3-5-9-15/h6-7,10-11,13,15,19H,3-5,8-9,12H2,1-2H3,(H,20,22)(H,21,23). The van der Waals surface area contributed by atoms with Crippen LogP contribution in [0.15, 0.2) is 24.3 Å². The van der Waals surface area contributed by atoms with Gasteiger partial charge >= 0.3 is 0 Å². The molecule has 1 aliphatic carbocycles. The Morgan fingerprint density at radius 2 is 1.78 bits per heavy atom. The van der Waals surface area contributed by atoms with Crippen molar-refractivity contribution in [1.29, 1.82) is 0 Å². The van der Waals surface area contributed by atoms with Crippen LogP contribution in [-0.4, -0.2) is 24.4 Å². The molecule has 3 N–H and O–H groups in total. The molecule has 2 rings (SSSR count). The molecule has 2 amide bonds. The van der Waals surface area contributed by atoms with E-state index in [1.165, 1.54) is 39.0 Å². The quantitative estimate of drug-likeness (QED) is 0.755. The number of benzene rings is 1. The maximum absolute atomic E-state index is 12.2. The highest BCUT2D eigenvalue weighted by molar-refractivity contribution is 5.98. The van der Waals surface area contributed by atoms with Crippen LogP contribution in [-0.2, 0) is 9.59 Å². The third kappa shape index (κ3) is 5.58. The minimum Gasteiger partial charge on any atom is -0.383 e. The first kappa shape index (κ1) is 17.3. The predicted octanol–water partition coefficient (Wildman–Crippen LogP) is 3.14. The van der Waals surface area contributed by atoms with E-state index in [2.05, 4.69) is 16.0 Å². The topological polar surface area (TPSA) is 70.2 Å². The summed E-state index contributed by atoms with van der Waals surface area (Å²) in [4.78, 5) is 23.2. The molecule has 0 aliphatic heterocycles. The van der Waals surface area contributed by atoms with Crippen molar-refractivity contribution in [2.45, 2.75) is 52.0 Å². The van der Waals surface area contributed by atoms with Crippen LogP contribution in [0.5, 0.6) is 0 Å². The predicted molar refractivity (Wildman–Crippen MR) is 93.4 cm³/mol. The van der Waals surface area contributed by atoms with Gasteiger partial charge in [-0.1, -0.05) is 31.4 Å². The fourth-order valence-corrected chi connectivity index (χ4v) is 3.00. The maximum atomic E-state index is 12.2. The molecule has 126 valence electrons. The molecule has 1 aromatic carbocycles. The number of amides is 2. The van der Waals surface area contributed by atoms with Crippen LogP contribution in [0, 0.1) is 5.92 Å². The molecule has 0 aromatic heterocycles. The third-order valence-corrected chi connectivity index (χ3v) is 4.30. The highest BCUT2D eigenvalue weighted by Gasteiger charge is 2.16. The lowest BCUT2D eigenvalue weighted by Crippen LogP contribution is -2.40. The van der Waals surface area contributed by atoms with E-state index >= 15 is 0 Å². The zero-order valence-corrected chi connectivity index (χ0v) is 14.0. The average molecular weight is 317 g/mol. The van der Waals surface area contributed by atoms with E-state index in [1.54, 1.807) is 6.92 Å². The molecule has 1 atom stereocenters. The number of hydrogen-bond donors (Lipinski definition) is 3. The SMILES string of the molecule is CC(=O)NC(C)C(=O)Nc1ccccc1NCC1CCCCC1. The van der Waals surface area contributed by atoms with Gasteiger partial charge in [0.05, 0.1) is 11.4 Å². The van der Waals surface area contributed by atoms with Gasteiger partial charge in [0.15, 0.2) is 0 Å². The van der Waals surface area contributed by atoms with Gasteiger partial charge in [0.2, 0.25) is 11.8 Å². The summed E-state index contributed by atoms with van der Waals surface area (Å²) in [5.41, 5.74) is 1.69. The van der Waals surface area contributed by atoms with Gasteiger partial charge in [0.25, 0.3) is 0 Å². The van der Waals surface area contributed by atoms with E-state index in [1.807, 2.05) is 24.3 Å². The average Bonchev–Trinajstić information content (AvgIpc) is 2.54. The van der Waals surface area contributed by atoms with Crippen LogP contribution in [0.4, 0.5) is 11.4 Å². The lowest BCUT2D eigenvalue weighted by molar-refractivity contribution is -0.124. The molecule has 23 heavy (non-hydrogen) atoms. The van der Waals surface area contributed by atoms with Crippen LogP contribution in [0.25, 0.3) is 0 Å². The lowest BCUT2D eigenvalue weighted by atomic mass is 9.89. The third-order valence-electron chi connectivity index (χ3n) is 4.30. The Balaban J connectivity index is 1.93. The summed E-state index contributed by atoms with van der Waals surface area (Å²) < 4.78 is 0. The van der Waals surface area contributed by atoms with Crippen molar-refractivity contribution in [2.75, 3.05) is 17.2 Å². The molecule has 1 unspecified atom stereocenters. The number of rotatable bonds is 6. The molecule has 1 aliphatic rings. The Bertz CT molecular complexity index is 539. The molecule has 5 nitrogen and oxygen atoms in total. The Labute approximate surface area is 138 Å². The molecule has 1 fully saturated rings. The fraction of sp³-hybridized carbons (Fsp3) is 0.556. The van der Waals surface area contributed by atoms with Gasteiger partial charge in [-0.05, 0) is 37.8 Å². The molecule has 0 heterocycles. The number of anilines is 2.